The van der Waals surface area contributed by atoms with Crippen molar-refractivity contribution in [3.05, 3.63) is 23.6 Å². The van der Waals surface area contributed by atoms with E-state index in [-0.39, 0.29) is 12.3 Å². The minimum atomic E-state index is -4.78. The fourth-order valence-electron chi connectivity index (χ4n) is 0.751. The van der Waals surface area contributed by atoms with Crippen molar-refractivity contribution in [2.24, 2.45) is 0 Å². The van der Waals surface area contributed by atoms with E-state index >= 15 is 0 Å². The molecule has 0 aliphatic heterocycles. The largest absolute Gasteiger partial charge is 0.417 e. The van der Waals surface area contributed by atoms with Crippen LogP contribution >= 0.6 is 0 Å². The lowest BCUT2D eigenvalue weighted by molar-refractivity contribution is -0.138. The van der Waals surface area contributed by atoms with Crippen molar-refractivity contribution >= 4 is 0 Å². The number of hydrogen-bond donors (Lipinski definition) is 0. The highest BCUT2D eigenvalue weighted by atomic mass is 19.4. The van der Waals surface area contributed by atoms with E-state index in [2.05, 4.69) is 9.72 Å². The van der Waals surface area contributed by atoms with E-state index in [0.717, 1.165) is 0 Å². The van der Waals surface area contributed by atoms with Crippen LogP contribution in [0, 0.1) is 5.82 Å². The van der Waals surface area contributed by atoms with E-state index < -0.39 is 30.0 Å². The van der Waals surface area contributed by atoms with Gasteiger partial charge in [-0.25, -0.2) is 9.37 Å². The molecule has 0 saturated carbocycles. The second kappa shape index (κ2) is 3.95. The Bertz CT molecular complexity index is 350. The van der Waals surface area contributed by atoms with E-state index in [1.807, 2.05) is 0 Å². The second-order valence-electron chi connectivity index (χ2n) is 2.39. The number of nitrogens with zero attached hydrogens (tertiary/aromatic N) is 1. The monoisotopic (exact) mass is 231 g/mol. The Hall–Kier alpha value is -1.47. The average molecular weight is 231 g/mol. The van der Waals surface area contributed by atoms with Crippen LogP contribution in [-0.2, 0) is 6.18 Å². The van der Waals surface area contributed by atoms with Gasteiger partial charge in [-0.1, -0.05) is 0 Å². The van der Waals surface area contributed by atoms with Crippen LogP contribution < -0.4 is 4.74 Å². The third kappa shape index (κ3) is 3.00. The number of rotatable bonds is 2. The maximum absolute atomic E-state index is 12.7. The molecule has 0 bridgehead atoms. The van der Waals surface area contributed by atoms with Gasteiger partial charge in [-0.3, -0.25) is 0 Å². The first-order chi connectivity index (χ1) is 6.80. The Morgan fingerprint density at radius 2 is 1.87 bits per heavy atom. The van der Waals surface area contributed by atoms with Crippen LogP contribution in [-0.4, -0.2) is 11.6 Å². The summed E-state index contributed by atoms with van der Waals surface area (Å²) in [5.41, 5.74) is -1.37. The smallest absolute Gasteiger partial charge is 0.414 e. The molecule has 0 aliphatic rings. The molecule has 0 aromatic carbocycles. The summed E-state index contributed by atoms with van der Waals surface area (Å²) in [6, 6.07) is 0.0325. The Labute approximate surface area is 79.5 Å². The standard InChI is InChI=1S/C7H3F6NO/c8-4-1-3(7(11,12)13)2-14-5(4)15-6(9)10/h1-2,6H. The average Bonchev–Trinajstić information content (AvgIpc) is 2.05. The molecule has 0 atom stereocenters. The van der Waals surface area contributed by atoms with Crippen molar-refractivity contribution in [2.45, 2.75) is 12.8 Å². The topological polar surface area (TPSA) is 22.1 Å². The molecular weight excluding hydrogens is 228 g/mol. The van der Waals surface area contributed by atoms with Crippen molar-refractivity contribution in [3.8, 4) is 5.88 Å². The van der Waals surface area contributed by atoms with Crippen molar-refractivity contribution in [3.63, 3.8) is 0 Å². The van der Waals surface area contributed by atoms with Gasteiger partial charge in [0.15, 0.2) is 5.82 Å². The first kappa shape index (κ1) is 11.6. The molecule has 84 valence electrons. The Morgan fingerprint density at radius 1 is 1.27 bits per heavy atom. The van der Waals surface area contributed by atoms with Gasteiger partial charge >= 0.3 is 12.8 Å². The molecule has 0 unspecified atom stereocenters. The maximum atomic E-state index is 12.7. The Kier molecular flexibility index (Phi) is 3.06. The van der Waals surface area contributed by atoms with Gasteiger partial charge < -0.3 is 4.74 Å². The van der Waals surface area contributed by atoms with Gasteiger partial charge in [0.05, 0.1) is 5.56 Å². The lowest BCUT2D eigenvalue weighted by Gasteiger charge is -2.08. The van der Waals surface area contributed by atoms with Gasteiger partial charge in [0.1, 0.15) is 0 Å². The summed E-state index contributed by atoms with van der Waals surface area (Å²) in [6.45, 7) is -3.34. The molecule has 0 fully saturated rings. The van der Waals surface area contributed by atoms with Gasteiger partial charge in [0.25, 0.3) is 5.88 Å². The van der Waals surface area contributed by atoms with E-state index in [4.69, 9.17) is 0 Å². The fourth-order valence-corrected chi connectivity index (χ4v) is 0.751. The SMILES string of the molecule is Fc1cc(C(F)(F)F)cnc1OC(F)F. The van der Waals surface area contributed by atoms with Crippen LogP contribution in [0.5, 0.6) is 5.88 Å². The third-order valence-electron chi connectivity index (χ3n) is 1.34. The van der Waals surface area contributed by atoms with Gasteiger partial charge in [0, 0.05) is 6.20 Å². The highest BCUT2D eigenvalue weighted by molar-refractivity contribution is 5.22. The molecule has 1 heterocycles. The summed E-state index contributed by atoms with van der Waals surface area (Å²) >= 11 is 0. The molecule has 0 amide bonds. The summed E-state index contributed by atoms with van der Waals surface area (Å²) < 4.78 is 75.3. The molecule has 2 nitrogen and oxygen atoms in total. The van der Waals surface area contributed by atoms with Gasteiger partial charge in [-0.2, -0.15) is 22.0 Å². The van der Waals surface area contributed by atoms with Crippen molar-refractivity contribution in [2.75, 3.05) is 0 Å². The van der Waals surface area contributed by atoms with Crippen LogP contribution in [0.2, 0.25) is 0 Å². The summed E-state index contributed by atoms with van der Waals surface area (Å²) in [6.07, 6.45) is -4.57. The number of aromatic nitrogens is 1. The number of pyridine rings is 1. The molecule has 8 heteroatoms. The zero-order valence-corrected chi connectivity index (χ0v) is 6.86. The van der Waals surface area contributed by atoms with Crippen LogP contribution in [0.1, 0.15) is 5.56 Å². The van der Waals surface area contributed by atoms with Crippen molar-refractivity contribution < 1.29 is 31.1 Å². The zero-order valence-electron chi connectivity index (χ0n) is 6.86. The second-order valence-corrected chi connectivity index (χ2v) is 2.39. The van der Waals surface area contributed by atoms with E-state index in [1.165, 1.54) is 0 Å². The van der Waals surface area contributed by atoms with Crippen LogP contribution in [0.4, 0.5) is 26.3 Å². The molecule has 1 aromatic rings. The minimum absolute atomic E-state index is 0.0325. The summed E-state index contributed by atoms with van der Waals surface area (Å²) in [4.78, 5) is 2.79. The third-order valence-corrected chi connectivity index (χ3v) is 1.34. The Balaban J connectivity index is 2.98. The summed E-state index contributed by atoms with van der Waals surface area (Å²) in [5.74, 6) is -2.76. The predicted octanol–water partition coefficient (Wildman–Crippen LogP) is 2.84. The fraction of sp³-hybridized carbons (Fsp3) is 0.286. The molecule has 0 aliphatic carbocycles. The molecule has 0 radical (unpaired) electrons. The van der Waals surface area contributed by atoms with Crippen LogP contribution in [0.3, 0.4) is 0 Å². The number of halogens is 6. The van der Waals surface area contributed by atoms with Gasteiger partial charge in [-0.15, -0.1) is 0 Å². The predicted molar refractivity (Wildman–Crippen MR) is 35.8 cm³/mol. The normalized spacial score (nSPS) is 11.9. The molecule has 1 aromatic heterocycles. The van der Waals surface area contributed by atoms with E-state index in [9.17, 15) is 26.3 Å². The molecule has 15 heavy (non-hydrogen) atoms. The highest BCUT2D eigenvalue weighted by Gasteiger charge is 2.32. The summed E-state index contributed by atoms with van der Waals surface area (Å²) in [7, 11) is 0. The number of alkyl halides is 5. The maximum Gasteiger partial charge on any atom is 0.417 e. The molecule has 0 N–H and O–H groups in total. The Morgan fingerprint density at radius 3 is 2.27 bits per heavy atom. The van der Waals surface area contributed by atoms with Crippen molar-refractivity contribution in [1.29, 1.82) is 0 Å². The van der Waals surface area contributed by atoms with Gasteiger partial charge in [-0.05, 0) is 6.07 Å². The molecular formula is C7H3F6NO. The quantitative estimate of drug-likeness (QED) is 0.730. The van der Waals surface area contributed by atoms with Crippen molar-refractivity contribution in [1.82, 2.24) is 4.98 Å². The first-order valence-corrected chi connectivity index (χ1v) is 3.48. The number of ether oxygens (including phenoxy) is 1. The lowest BCUT2D eigenvalue weighted by Crippen LogP contribution is -2.09. The molecule has 1 rings (SSSR count). The van der Waals surface area contributed by atoms with Crippen LogP contribution in [0.25, 0.3) is 0 Å². The first-order valence-electron chi connectivity index (χ1n) is 3.48. The summed E-state index contributed by atoms with van der Waals surface area (Å²) in [5, 5.41) is 0. The highest BCUT2D eigenvalue weighted by Crippen LogP contribution is 2.30. The van der Waals surface area contributed by atoms with E-state index in [1.54, 1.807) is 0 Å². The van der Waals surface area contributed by atoms with E-state index in [0.29, 0.717) is 0 Å². The molecule has 0 spiro atoms. The lowest BCUT2D eigenvalue weighted by atomic mass is 10.3. The van der Waals surface area contributed by atoms with Gasteiger partial charge in [0.2, 0.25) is 0 Å². The zero-order chi connectivity index (χ0) is 11.6. The minimum Gasteiger partial charge on any atom is -0.414 e. The number of hydrogen-bond acceptors (Lipinski definition) is 2. The molecule has 0 saturated heterocycles. The van der Waals surface area contributed by atoms with Crippen LogP contribution in [0.15, 0.2) is 12.3 Å².